The maximum atomic E-state index is 12.9. The van der Waals surface area contributed by atoms with Gasteiger partial charge in [0.05, 0.1) is 59.1 Å². The molecule has 4 aromatic rings. The molecule has 5 heterocycles. The number of nitrogens with zero attached hydrogens (tertiary/aromatic N) is 8. The molecular formula is C22H22Cl2N10O3. The fourth-order valence-electron chi connectivity index (χ4n) is 4.15. The summed E-state index contributed by atoms with van der Waals surface area (Å²) in [4.78, 5) is 36.2. The minimum Gasteiger partial charge on any atom is -0.367 e. The van der Waals surface area contributed by atoms with Crippen molar-refractivity contribution in [3.63, 3.8) is 0 Å². The fourth-order valence-corrected chi connectivity index (χ4v) is 4.56. The van der Waals surface area contributed by atoms with Crippen LogP contribution in [0.1, 0.15) is 32.1 Å². The maximum absolute atomic E-state index is 12.9. The second-order valence-electron chi connectivity index (χ2n) is 8.38. The summed E-state index contributed by atoms with van der Waals surface area (Å²) in [6.45, 7) is 4.50. The zero-order valence-corrected chi connectivity index (χ0v) is 21.3. The molecule has 0 aliphatic carbocycles. The molecule has 0 aromatic carbocycles. The number of hydrogen-bond donors (Lipinski definition) is 2. The van der Waals surface area contributed by atoms with Crippen LogP contribution in [0.25, 0.3) is 11.5 Å². The summed E-state index contributed by atoms with van der Waals surface area (Å²) in [5, 5.41) is 18.3. The monoisotopic (exact) mass is 544 g/mol. The highest BCUT2D eigenvalue weighted by atomic mass is 35.5. The van der Waals surface area contributed by atoms with E-state index in [9.17, 15) is 9.59 Å². The zero-order chi connectivity index (χ0) is 26.1. The van der Waals surface area contributed by atoms with Crippen molar-refractivity contribution in [2.24, 2.45) is 0 Å². The van der Waals surface area contributed by atoms with Crippen LogP contribution in [0.3, 0.4) is 0 Å². The molecule has 1 aliphatic rings. The molecule has 192 valence electrons. The number of pyridine rings is 1. The van der Waals surface area contributed by atoms with Gasteiger partial charge in [-0.15, -0.1) is 4.80 Å². The van der Waals surface area contributed by atoms with E-state index in [0.29, 0.717) is 48.0 Å². The highest BCUT2D eigenvalue weighted by Gasteiger charge is 2.29. The third-order valence-corrected chi connectivity index (χ3v) is 6.26. The lowest BCUT2D eigenvalue weighted by Gasteiger charge is -2.22. The Hall–Kier alpha value is -3.81. The number of aromatic nitrogens is 7. The number of rotatable bonds is 6. The molecule has 5 rings (SSSR count). The Kier molecular flexibility index (Phi) is 6.91. The van der Waals surface area contributed by atoms with Gasteiger partial charge in [0.1, 0.15) is 0 Å². The minimum atomic E-state index is -0.556. The number of halogens is 2. The van der Waals surface area contributed by atoms with Crippen LogP contribution in [0.2, 0.25) is 10.2 Å². The molecule has 3 amide bonds. The smallest absolute Gasteiger partial charge is 0.323 e. The number of anilines is 2. The van der Waals surface area contributed by atoms with Crippen molar-refractivity contribution in [1.82, 2.24) is 39.5 Å². The summed E-state index contributed by atoms with van der Waals surface area (Å²) in [7, 11) is 0. The van der Waals surface area contributed by atoms with E-state index < -0.39 is 12.1 Å². The molecule has 1 unspecified atom stereocenters. The van der Waals surface area contributed by atoms with Crippen molar-refractivity contribution in [2.75, 3.05) is 23.7 Å². The molecule has 15 heteroatoms. The summed E-state index contributed by atoms with van der Waals surface area (Å²) in [5.74, 6) is 0.331. The number of carbonyl (C=O) groups excluding carboxylic acids is 2. The molecule has 1 saturated heterocycles. The van der Waals surface area contributed by atoms with E-state index in [1.165, 1.54) is 47.1 Å². The standard InChI is InChI=1S/C22H22Cl2N10O3/c1-12(37-15-3-6-32(11-15)13(2)35)20-17(10-25-19-8-18(24)31-33(19)20)30-22(36)29-14-7-16(23)21(26-9-14)34-27-4-5-28-34/h4-5,7-10,12,15H,3,6,11H2,1-2H3,(H2,29,30,36)/t12?,15-/m1/s1. The van der Waals surface area contributed by atoms with Gasteiger partial charge in [0, 0.05) is 26.1 Å². The Morgan fingerprint density at radius 2 is 1.92 bits per heavy atom. The quantitative estimate of drug-likeness (QED) is 0.375. The summed E-state index contributed by atoms with van der Waals surface area (Å²) in [6, 6.07) is 2.59. The van der Waals surface area contributed by atoms with Gasteiger partial charge in [-0.2, -0.15) is 15.3 Å². The van der Waals surface area contributed by atoms with E-state index in [0.717, 1.165) is 0 Å². The zero-order valence-electron chi connectivity index (χ0n) is 19.8. The van der Waals surface area contributed by atoms with Crippen molar-refractivity contribution in [2.45, 2.75) is 32.5 Å². The molecule has 1 aliphatic heterocycles. The van der Waals surface area contributed by atoms with Gasteiger partial charge in [-0.1, -0.05) is 23.2 Å². The number of carbonyl (C=O) groups is 2. The molecule has 37 heavy (non-hydrogen) atoms. The third-order valence-electron chi connectivity index (χ3n) is 5.80. The lowest BCUT2D eigenvalue weighted by Crippen LogP contribution is -2.28. The fraction of sp³-hybridized carbons (Fsp3) is 0.318. The summed E-state index contributed by atoms with van der Waals surface area (Å²) < 4.78 is 7.79. The van der Waals surface area contributed by atoms with Gasteiger partial charge < -0.3 is 20.3 Å². The topological polar surface area (TPSA) is 144 Å². The first-order valence-corrected chi connectivity index (χ1v) is 12.1. The van der Waals surface area contributed by atoms with Gasteiger partial charge >= 0.3 is 6.03 Å². The Labute approximate surface area is 220 Å². The predicted octanol–water partition coefficient (Wildman–Crippen LogP) is 3.35. The number of likely N-dealkylation sites (tertiary alicyclic amines) is 1. The number of urea groups is 1. The van der Waals surface area contributed by atoms with Crippen LogP contribution in [-0.2, 0) is 9.53 Å². The Balaban J connectivity index is 1.35. The van der Waals surface area contributed by atoms with Crippen LogP contribution < -0.4 is 10.6 Å². The first-order valence-electron chi connectivity index (χ1n) is 11.3. The SMILES string of the molecule is CC(=O)N1CC[C@@H](OC(C)c2c(NC(=O)Nc3cnc(-n4nccn4)c(Cl)c3)cnc3cc(Cl)nn23)C1. The maximum Gasteiger partial charge on any atom is 0.323 e. The number of fused-ring (bicyclic) bond motifs is 1. The number of hydrogen-bond acceptors (Lipinski definition) is 8. The van der Waals surface area contributed by atoms with Crippen LogP contribution in [0, 0.1) is 0 Å². The summed E-state index contributed by atoms with van der Waals surface area (Å²) >= 11 is 12.4. The van der Waals surface area contributed by atoms with Gasteiger partial charge in [-0.3, -0.25) is 4.79 Å². The van der Waals surface area contributed by atoms with E-state index in [1.54, 1.807) is 11.0 Å². The summed E-state index contributed by atoms with van der Waals surface area (Å²) in [5.41, 5.74) is 1.77. The van der Waals surface area contributed by atoms with Crippen molar-refractivity contribution < 1.29 is 14.3 Å². The normalized spacial score (nSPS) is 16.2. The molecule has 0 bridgehead atoms. The van der Waals surface area contributed by atoms with Gasteiger partial charge in [-0.25, -0.2) is 19.3 Å². The molecule has 1 fully saturated rings. The van der Waals surface area contributed by atoms with Gasteiger partial charge in [0.25, 0.3) is 0 Å². The Morgan fingerprint density at radius 1 is 1.14 bits per heavy atom. The van der Waals surface area contributed by atoms with Crippen molar-refractivity contribution in [3.8, 4) is 5.82 Å². The molecular weight excluding hydrogens is 523 g/mol. The summed E-state index contributed by atoms with van der Waals surface area (Å²) in [6.07, 6.45) is 5.99. The van der Waals surface area contributed by atoms with Crippen molar-refractivity contribution in [3.05, 3.63) is 52.8 Å². The molecule has 13 nitrogen and oxygen atoms in total. The van der Waals surface area contributed by atoms with Crippen LogP contribution in [0.5, 0.6) is 0 Å². The highest BCUT2D eigenvalue weighted by Crippen LogP contribution is 2.30. The number of nitrogens with one attached hydrogen (secondary N) is 2. The average molecular weight is 545 g/mol. The van der Waals surface area contributed by atoms with Gasteiger partial charge in [-0.05, 0) is 19.4 Å². The van der Waals surface area contributed by atoms with Gasteiger partial charge in [0.15, 0.2) is 16.6 Å². The lowest BCUT2D eigenvalue weighted by molar-refractivity contribution is -0.128. The predicted molar refractivity (Wildman–Crippen MR) is 135 cm³/mol. The second kappa shape index (κ2) is 10.3. The first kappa shape index (κ1) is 24.9. The highest BCUT2D eigenvalue weighted by molar-refractivity contribution is 6.32. The van der Waals surface area contributed by atoms with Gasteiger partial charge in [0.2, 0.25) is 5.91 Å². The number of amides is 3. The minimum absolute atomic E-state index is 0.00597. The van der Waals surface area contributed by atoms with Crippen LogP contribution in [0.4, 0.5) is 16.2 Å². The van der Waals surface area contributed by atoms with Crippen molar-refractivity contribution in [1.29, 1.82) is 0 Å². The third kappa shape index (κ3) is 5.33. The molecule has 0 spiro atoms. The van der Waals surface area contributed by atoms with E-state index in [2.05, 4.69) is 35.9 Å². The Morgan fingerprint density at radius 3 is 2.62 bits per heavy atom. The second-order valence-corrected chi connectivity index (χ2v) is 9.17. The van der Waals surface area contributed by atoms with Crippen LogP contribution in [0.15, 0.2) is 36.9 Å². The number of ether oxygens (including phenoxy) is 1. The van der Waals surface area contributed by atoms with E-state index in [-0.39, 0.29) is 22.2 Å². The molecule has 0 radical (unpaired) electrons. The lowest BCUT2D eigenvalue weighted by atomic mass is 10.2. The molecule has 2 atom stereocenters. The molecule has 2 N–H and O–H groups in total. The molecule has 0 saturated carbocycles. The van der Waals surface area contributed by atoms with Crippen molar-refractivity contribution >= 4 is 52.2 Å². The van der Waals surface area contributed by atoms with Crippen LogP contribution >= 0.6 is 23.2 Å². The van der Waals surface area contributed by atoms with Crippen LogP contribution in [-0.4, -0.2) is 70.6 Å². The average Bonchev–Trinajstić information content (AvgIpc) is 3.59. The molecule has 4 aromatic heterocycles. The van der Waals surface area contributed by atoms with E-state index in [1.807, 2.05) is 6.92 Å². The van der Waals surface area contributed by atoms with E-state index >= 15 is 0 Å². The largest absolute Gasteiger partial charge is 0.367 e. The van der Waals surface area contributed by atoms with E-state index in [4.69, 9.17) is 27.9 Å². The Bertz CT molecular complexity index is 1460. The first-order chi connectivity index (χ1) is 17.8.